The molecule has 0 saturated carbocycles. The zero-order valence-corrected chi connectivity index (χ0v) is 16.3. The summed E-state index contributed by atoms with van der Waals surface area (Å²) in [7, 11) is 1.59. The van der Waals surface area contributed by atoms with Gasteiger partial charge in [0.2, 0.25) is 5.91 Å². The summed E-state index contributed by atoms with van der Waals surface area (Å²) in [6.45, 7) is 1.30. The van der Waals surface area contributed by atoms with Gasteiger partial charge in [0, 0.05) is 31.5 Å². The number of halogens is 2. The summed E-state index contributed by atoms with van der Waals surface area (Å²) in [4.78, 5) is 14.4. The maximum atomic E-state index is 12.6. The van der Waals surface area contributed by atoms with Gasteiger partial charge in [0.1, 0.15) is 5.75 Å². The first-order chi connectivity index (χ1) is 12.1. The summed E-state index contributed by atoms with van der Waals surface area (Å²) in [6, 6.07) is 15.8. The Bertz CT molecular complexity index is 740. The first-order valence-corrected chi connectivity index (χ1v) is 8.87. The molecule has 1 amide bonds. The van der Waals surface area contributed by atoms with Crippen LogP contribution in [0.3, 0.4) is 0 Å². The number of likely N-dealkylation sites (tertiary alicyclic amines) is 1. The lowest BCUT2D eigenvalue weighted by Crippen LogP contribution is -2.32. The lowest BCUT2D eigenvalue weighted by atomic mass is 9.95. The molecule has 3 rings (SSSR count). The summed E-state index contributed by atoms with van der Waals surface area (Å²) in [6.07, 6.45) is 1.11. The number of rotatable bonds is 5. The average molecular weight is 395 g/mol. The van der Waals surface area contributed by atoms with Crippen molar-refractivity contribution >= 4 is 29.9 Å². The molecule has 0 spiro atoms. The van der Waals surface area contributed by atoms with Gasteiger partial charge < -0.3 is 15.4 Å². The maximum Gasteiger partial charge on any atom is 0.222 e. The predicted molar refractivity (Wildman–Crippen MR) is 107 cm³/mol. The Morgan fingerprint density at radius 1 is 1.23 bits per heavy atom. The van der Waals surface area contributed by atoms with Gasteiger partial charge in [-0.25, -0.2) is 0 Å². The molecule has 1 fully saturated rings. The average Bonchev–Trinajstić information content (AvgIpc) is 3.02. The van der Waals surface area contributed by atoms with Crippen LogP contribution in [0.4, 0.5) is 0 Å². The van der Waals surface area contributed by atoms with Gasteiger partial charge in [-0.2, -0.15) is 0 Å². The minimum absolute atomic E-state index is 0. The highest BCUT2D eigenvalue weighted by Gasteiger charge is 2.33. The molecular weight excluding hydrogens is 371 g/mol. The van der Waals surface area contributed by atoms with Gasteiger partial charge in [-0.05, 0) is 29.7 Å². The van der Waals surface area contributed by atoms with Gasteiger partial charge in [-0.1, -0.05) is 48.0 Å². The van der Waals surface area contributed by atoms with E-state index >= 15 is 0 Å². The zero-order chi connectivity index (χ0) is 17.8. The van der Waals surface area contributed by atoms with Crippen LogP contribution in [-0.4, -0.2) is 37.0 Å². The molecule has 1 aliphatic heterocycles. The number of carbonyl (C=O) groups is 1. The molecule has 0 unspecified atom stereocenters. The van der Waals surface area contributed by atoms with Crippen molar-refractivity contribution in [2.45, 2.75) is 24.8 Å². The van der Waals surface area contributed by atoms with E-state index in [0.29, 0.717) is 36.7 Å². The molecule has 2 atom stereocenters. The first-order valence-electron chi connectivity index (χ1n) is 8.49. The molecule has 1 saturated heterocycles. The van der Waals surface area contributed by atoms with Crippen molar-refractivity contribution in [3.63, 3.8) is 0 Å². The second-order valence-electron chi connectivity index (χ2n) is 6.45. The zero-order valence-electron chi connectivity index (χ0n) is 14.7. The minimum Gasteiger partial charge on any atom is -0.495 e. The monoisotopic (exact) mass is 394 g/mol. The molecule has 2 aromatic rings. The number of methoxy groups -OCH3 is 1. The van der Waals surface area contributed by atoms with Crippen LogP contribution in [0, 0.1) is 0 Å². The Labute approximate surface area is 165 Å². The third kappa shape index (κ3) is 4.70. The van der Waals surface area contributed by atoms with Crippen molar-refractivity contribution in [1.29, 1.82) is 0 Å². The normalized spacial score (nSPS) is 19.1. The van der Waals surface area contributed by atoms with Crippen LogP contribution in [0.2, 0.25) is 5.02 Å². The van der Waals surface area contributed by atoms with Gasteiger partial charge in [0.25, 0.3) is 0 Å². The fourth-order valence-corrected chi connectivity index (χ4v) is 3.64. The number of benzene rings is 2. The van der Waals surface area contributed by atoms with Crippen LogP contribution in [0.25, 0.3) is 0 Å². The van der Waals surface area contributed by atoms with Crippen molar-refractivity contribution < 1.29 is 9.53 Å². The molecule has 0 bridgehead atoms. The lowest BCUT2D eigenvalue weighted by molar-refractivity contribution is -0.130. The van der Waals surface area contributed by atoms with E-state index in [2.05, 4.69) is 12.1 Å². The second kappa shape index (κ2) is 9.26. The molecule has 1 heterocycles. The summed E-state index contributed by atoms with van der Waals surface area (Å²) >= 11 is 6.14. The first kappa shape index (κ1) is 20.6. The van der Waals surface area contributed by atoms with E-state index < -0.39 is 0 Å². The summed E-state index contributed by atoms with van der Waals surface area (Å²) in [5.74, 6) is 0.995. The SMILES string of the molecule is COc1ccc(CCC(=O)N2C[C@@H](N)[C@H](c3ccccc3)C2)cc1Cl.Cl. The van der Waals surface area contributed by atoms with Gasteiger partial charge in [-0.15, -0.1) is 12.4 Å². The second-order valence-corrected chi connectivity index (χ2v) is 6.86. The van der Waals surface area contributed by atoms with E-state index in [-0.39, 0.29) is 30.3 Å². The van der Waals surface area contributed by atoms with E-state index in [1.165, 1.54) is 5.56 Å². The number of amides is 1. The van der Waals surface area contributed by atoms with Crippen LogP contribution in [0.5, 0.6) is 5.75 Å². The number of ether oxygens (including phenoxy) is 1. The Hall–Kier alpha value is -1.75. The molecule has 26 heavy (non-hydrogen) atoms. The maximum absolute atomic E-state index is 12.6. The van der Waals surface area contributed by atoms with Crippen molar-refractivity contribution in [2.75, 3.05) is 20.2 Å². The molecule has 6 heteroatoms. The quantitative estimate of drug-likeness (QED) is 0.841. The molecule has 0 aliphatic carbocycles. The van der Waals surface area contributed by atoms with E-state index in [1.54, 1.807) is 7.11 Å². The minimum atomic E-state index is -0.0122. The summed E-state index contributed by atoms with van der Waals surface area (Å²) in [5, 5.41) is 0.569. The largest absolute Gasteiger partial charge is 0.495 e. The van der Waals surface area contributed by atoms with E-state index in [9.17, 15) is 4.79 Å². The summed E-state index contributed by atoms with van der Waals surface area (Å²) < 4.78 is 5.15. The number of aryl methyl sites for hydroxylation is 1. The highest BCUT2D eigenvalue weighted by molar-refractivity contribution is 6.32. The third-order valence-corrected chi connectivity index (χ3v) is 5.08. The number of carbonyl (C=O) groups excluding carboxylic acids is 1. The van der Waals surface area contributed by atoms with Crippen LogP contribution in [-0.2, 0) is 11.2 Å². The standard InChI is InChI=1S/C20H23ClN2O2.ClH/c1-25-19-9-7-14(11-17(19)21)8-10-20(24)23-12-16(18(22)13-23)15-5-3-2-4-6-15;/h2-7,9,11,16,18H,8,10,12-13,22H2,1H3;1H/t16-,18+;/m0./s1. The number of hydrogen-bond acceptors (Lipinski definition) is 3. The molecule has 2 aromatic carbocycles. The van der Waals surface area contributed by atoms with Crippen LogP contribution >= 0.6 is 24.0 Å². The van der Waals surface area contributed by atoms with Gasteiger partial charge >= 0.3 is 0 Å². The number of hydrogen-bond donors (Lipinski definition) is 1. The Balaban J connectivity index is 0.00000243. The van der Waals surface area contributed by atoms with Crippen LogP contribution in [0.15, 0.2) is 48.5 Å². The third-order valence-electron chi connectivity index (χ3n) is 4.79. The van der Waals surface area contributed by atoms with Crippen molar-refractivity contribution in [3.8, 4) is 5.75 Å². The topological polar surface area (TPSA) is 55.6 Å². The summed E-state index contributed by atoms with van der Waals surface area (Å²) in [5.41, 5.74) is 8.50. The lowest BCUT2D eigenvalue weighted by Gasteiger charge is -2.16. The number of nitrogens with zero attached hydrogens (tertiary/aromatic N) is 1. The molecule has 140 valence electrons. The highest BCUT2D eigenvalue weighted by Crippen LogP contribution is 2.28. The van der Waals surface area contributed by atoms with Gasteiger partial charge in [-0.3, -0.25) is 4.79 Å². The van der Waals surface area contributed by atoms with Crippen LogP contribution in [0.1, 0.15) is 23.5 Å². The molecule has 0 aromatic heterocycles. The number of nitrogens with two attached hydrogens (primary N) is 1. The Morgan fingerprint density at radius 3 is 2.62 bits per heavy atom. The Morgan fingerprint density at radius 2 is 1.96 bits per heavy atom. The molecular formula is C20H24Cl2N2O2. The van der Waals surface area contributed by atoms with Crippen molar-refractivity contribution in [2.24, 2.45) is 5.73 Å². The fourth-order valence-electron chi connectivity index (χ4n) is 3.36. The predicted octanol–water partition coefficient (Wildman–Crippen LogP) is 3.66. The van der Waals surface area contributed by atoms with Crippen molar-refractivity contribution in [1.82, 2.24) is 4.90 Å². The molecule has 2 N–H and O–H groups in total. The molecule has 4 nitrogen and oxygen atoms in total. The molecule has 0 radical (unpaired) electrons. The van der Waals surface area contributed by atoms with Gasteiger partial charge in [0.15, 0.2) is 0 Å². The van der Waals surface area contributed by atoms with Crippen LogP contribution < -0.4 is 10.5 Å². The van der Waals surface area contributed by atoms with E-state index in [1.807, 2.05) is 41.3 Å². The fraction of sp³-hybridized carbons (Fsp3) is 0.350. The molecule has 1 aliphatic rings. The smallest absolute Gasteiger partial charge is 0.222 e. The van der Waals surface area contributed by atoms with Gasteiger partial charge in [0.05, 0.1) is 12.1 Å². The van der Waals surface area contributed by atoms with Crippen molar-refractivity contribution in [3.05, 3.63) is 64.7 Å². The Kier molecular flexibility index (Phi) is 7.33. The van der Waals surface area contributed by atoms with E-state index in [0.717, 1.165) is 5.56 Å². The van der Waals surface area contributed by atoms with E-state index in [4.69, 9.17) is 22.1 Å². The highest BCUT2D eigenvalue weighted by atomic mass is 35.5.